The summed E-state index contributed by atoms with van der Waals surface area (Å²) in [5, 5.41) is 11.8. The van der Waals surface area contributed by atoms with Crippen LogP contribution in [0.15, 0.2) is 320 Å². The predicted molar refractivity (Wildman–Crippen MR) is 545 cm³/mol. The van der Waals surface area contributed by atoms with E-state index < -0.39 is 0 Å². The lowest BCUT2D eigenvalue weighted by Gasteiger charge is -2.26. The summed E-state index contributed by atoms with van der Waals surface area (Å²) in [7, 11) is 4.21. The molecule has 652 valence electrons. The first-order valence-corrected chi connectivity index (χ1v) is 45.5. The summed E-state index contributed by atoms with van der Waals surface area (Å²) in [6, 6.07) is 91.6. The Hall–Kier alpha value is -13.9. The van der Waals surface area contributed by atoms with Gasteiger partial charge in [-0.1, -0.05) is 263 Å². The molecule has 13 aromatic carbocycles. The molecule has 0 fully saturated rings. The number of fused-ring (bicyclic) bond motifs is 17. The highest BCUT2D eigenvalue weighted by Crippen LogP contribution is 2.50. The van der Waals surface area contributed by atoms with Gasteiger partial charge in [-0.15, -0.1) is 0 Å². The molecule has 5 aliphatic heterocycles. The monoisotopic (exact) mass is 1690 g/mol. The number of para-hydroxylation sites is 10. The molecule has 0 saturated heterocycles. The van der Waals surface area contributed by atoms with E-state index in [1.165, 1.54) is 133 Å². The number of aryl methyl sites for hydroxylation is 5. The van der Waals surface area contributed by atoms with Gasteiger partial charge in [0.25, 0.3) is 0 Å². The lowest BCUT2D eigenvalue weighted by Crippen LogP contribution is -2.33. The topological polar surface area (TPSA) is 98.1 Å². The molecule has 5 aromatic heterocycles. The largest absolute Gasteiger partial charge is 0.454 e. The Morgan fingerprint density at radius 3 is 0.890 bits per heavy atom. The molecule has 0 bridgehead atoms. The number of hydrogen-bond acceptors (Lipinski definition) is 15. The maximum absolute atomic E-state index is 6.33. The third-order valence-electron chi connectivity index (χ3n) is 23.5. The van der Waals surface area contributed by atoms with E-state index in [-0.39, 0.29) is 0 Å². The number of nitrogens with zero attached hydrogens (tertiary/aromatic N) is 10. The SMILES string of the molecule is CC.CC.CC.CC.CC.Cc1ccc2c(oc3ccccc32)c1N1C=CN(C(C)C)C1.Cc1ccc2c(oc3ccccc32)c1N1C=CN(C)C1.Cc1ccc2c(oc3ccccc32)c1N1C=CN(c2ccccc2)C1.Cc1ccc2c(oc3ccccc32)c1N1CN(C(C)C)c2ccccc21.Cc1ccc2c(oc3ccccc32)c1N1CN(C)c2ccccc21. The second kappa shape index (κ2) is 39.9. The third kappa shape index (κ3) is 17.4. The molecule has 0 unspecified atom stereocenters. The summed E-state index contributed by atoms with van der Waals surface area (Å²) in [4.78, 5) is 23.0. The molecule has 10 heterocycles. The van der Waals surface area contributed by atoms with Gasteiger partial charge in [-0.25, -0.2) is 0 Å². The molecule has 18 aromatic rings. The van der Waals surface area contributed by atoms with Gasteiger partial charge in [0.1, 0.15) is 27.9 Å². The first-order valence-electron chi connectivity index (χ1n) is 45.5. The average molecular weight is 1690 g/mol. The molecule has 0 aliphatic carbocycles. The molecular formula is C112H124N10O5. The van der Waals surface area contributed by atoms with Crippen molar-refractivity contribution in [3.8, 4) is 0 Å². The van der Waals surface area contributed by atoms with Gasteiger partial charge >= 0.3 is 0 Å². The number of benzene rings is 13. The normalized spacial score (nSPS) is 13.4. The van der Waals surface area contributed by atoms with Crippen molar-refractivity contribution in [1.29, 1.82) is 0 Å². The standard InChI is InChI=1S/C23H22N2O.C22H18N2O.C21H18N2O.C19H20N2O.C17H16N2O.5C2H6/c1-15(2)24-14-25(20-10-6-5-9-19(20)24)22-16(3)12-13-18-17-8-4-7-11-21(17)26-23(18)22;1-16-11-12-19-18-9-5-6-10-20(18)25-22(19)21(16)24-14-13-23(15-24)17-7-3-2-4-8-17;1-14-11-12-16-15-7-3-6-10-19(15)24-21(16)20(14)23-13-22(2)17-8-4-5-9-18(17)23;1-13(2)20-10-11-21(12-20)18-14(3)8-9-16-15-6-4-5-7-17(15)22-19(16)18;1-12-7-8-14-13-5-3-4-6-15(13)20-17(14)16(12)19-10-9-18(2)11-19;5*1-2/h4-13,15H,14H2,1-3H3;2-14H,15H2,1H3;3-12H,13H2,1-2H3;4-11,13H,12H2,1-3H3;3-10H,11H2,1-2H3;5*1-2H3. The Balaban J connectivity index is 0.000000126. The van der Waals surface area contributed by atoms with Crippen LogP contribution in [0.5, 0.6) is 0 Å². The summed E-state index contributed by atoms with van der Waals surface area (Å²) in [5.74, 6) is 0. The lowest BCUT2D eigenvalue weighted by atomic mass is 10.1. The molecular weight excluding hydrogens is 1570 g/mol. The zero-order valence-corrected chi connectivity index (χ0v) is 78.0. The fourth-order valence-electron chi connectivity index (χ4n) is 17.5. The predicted octanol–water partition coefficient (Wildman–Crippen LogP) is 31.4. The number of furan rings is 5. The van der Waals surface area contributed by atoms with Crippen molar-refractivity contribution in [3.05, 3.63) is 326 Å². The Morgan fingerprint density at radius 1 is 0.236 bits per heavy atom. The minimum Gasteiger partial charge on any atom is -0.454 e. The molecule has 15 heteroatoms. The fraction of sp³-hybridized carbons (Fsp3) is 0.250. The number of rotatable bonds is 8. The summed E-state index contributed by atoms with van der Waals surface area (Å²) < 4.78 is 31.1. The van der Waals surface area contributed by atoms with Crippen LogP contribution in [-0.4, -0.2) is 69.3 Å². The highest BCUT2D eigenvalue weighted by atomic mass is 16.3. The van der Waals surface area contributed by atoms with Gasteiger partial charge in [-0.3, -0.25) is 0 Å². The van der Waals surface area contributed by atoms with Crippen molar-refractivity contribution in [2.75, 3.05) is 86.6 Å². The highest BCUT2D eigenvalue weighted by molar-refractivity contribution is 6.15. The maximum Gasteiger partial charge on any atom is 0.159 e. The van der Waals surface area contributed by atoms with E-state index in [9.17, 15) is 0 Å². The molecule has 5 aliphatic rings. The Labute approximate surface area is 750 Å². The summed E-state index contributed by atoms with van der Waals surface area (Å²) in [5.41, 5.74) is 27.8. The molecule has 0 saturated carbocycles. The maximum atomic E-state index is 6.33. The van der Waals surface area contributed by atoms with Gasteiger partial charge in [0.2, 0.25) is 0 Å². The van der Waals surface area contributed by atoms with Crippen LogP contribution in [-0.2, 0) is 0 Å². The minimum absolute atomic E-state index is 0.441. The van der Waals surface area contributed by atoms with Crippen molar-refractivity contribution >= 4 is 167 Å². The minimum atomic E-state index is 0.441. The number of anilines is 10. The van der Waals surface area contributed by atoms with Gasteiger partial charge in [0, 0.05) is 123 Å². The molecule has 15 nitrogen and oxygen atoms in total. The van der Waals surface area contributed by atoms with Crippen LogP contribution in [0, 0.1) is 34.6 Å². The van der Waals surface area contributed by atoms with Crippen LogP contribution < -0.4 is 39.2 Å². The fourth-order valence-corrected chi connectivity index (χ4v) is 17.5. The molecule has 0 N–H and O–H groups in total. The molecule has 127 heavy (non-hydrogen) atoms. The molecule has 23 rings (SSSR count). The Bertz CT molecular complexity index is 6920. The summed E-state index contributed by atoms with van der Waals surface area (Å²) >= 11 is 0. The van der Waals surface area contributed by atoms with Crippen molar-refractivity contribution < 1.29 is 22.1 Å². The van der Waals surface area contributed by atoms with Crippen LogP contribution in [0.4, 0.5) is 56.9 Å². The van der Waals surface area contributed by atoms with Crippen molar-refractivity contribution in [3.63, 3.8) is 0 Å². The van der Waals surface area contributed by atoms with E-state index >= 15 is 0 Å². The van der Waals surface area contributed by atoms with Gasteiger partial charge < -0.3 is 71.1 Å². The molecule has 0 amide bonds. The van der Waals surface area contributed by atoms with Gasteiger partial charge in [0.15, 0.2) is 27.9 Å². The van der Waals surface area contributed by atoms with E-state index in [1.807, 2.05) is 136 Å². The van der Waals surface area contributed by atoms with E-state index in [0.717, 1.165) is 94.9 Å². The van der Waals surface area contributed by atoms with Gasteiger partial charge in [0.05, 0.1) is 84.5 Å². The number of hydrogen-bond donors (Lipinski definition) is 0. The van der Waals surface area contributed by atoms with E-state index in [4.69, 9.17) is 22.1 Å². The first kappa shape index (κ1) is 89.4. The first-order chi connectivity index (χ1) is 62.1. The van der Waals surface area contributed by atoms with Gasteiger partial charge in [-0.2, -0.15) is 0 Å². The van der Waals surface area contributed by atoms with Crippen LogP contribution >= 0.6 is 0 Å². The second-order valence-corrected chi connectivity index (χ2v) is 31.8. The Kier molecular flexibility index (Phi) is 28.1. The molecule has 0 atom stereocenters. The van der Waals surface area contributed by atoms with Crippen LogP contribution in [0.3, 0.4) is 0 Å². The zero-order valence-electron chi connectivity index (χ0n) is 78.0. The smallest absolute Gasteiger partial charge is 0.159 e. The summed E-state index contributed by atoms with van der Waals surface area (Å²) in [6.45, 7) is 43.8. The van der Waals surface area contributed by atoms with Crippen molar-refractivity contribution in [2.24, 2.45) is 0 Å². The van der Waals surface area contributed by atoms with Crippen LogP contribution in [0.2, 0.25) is 0 Å². The van der Waals surface area contributed by atoms with E-state index in [0.29, 0.717) is 12.1 Å². The second-order valence-electron chi connectivity index (χ2n) is 31.8. The highest BCUT2D eigenvalue weighted by Gasteiger charge is 2.33. The lowest BCUT2D eigenvalue weighted by molar-refractivity contribution is 0.336. The van der Waals surface area contributed by atoms with Crippen LogP contribution in [0.25, 0.3) is 110 Å². The van der Waals surface area contributed by atoms with Crippen molar-refractivity contribution in [2.45, 2.75) is 144 Å². The Morgan fingerprint density at radius 2 is 0.528 bits per heavy atom. The van der Waals surface area contributed by atoms with E-state index in [2.05, 4.69) is 357 Å². The van der Waals surface area contributed by atoms with Crippen molar-refractivity contribution in [1.82, 2.24) is 9.80 Å². The molecule has 0 radical (unpaired) electrons. The van der Waals surface area contributed by atoms with Gasteiger partial charge in [-0.05, 0) is 157 Å². The quantitative estimate of drug-likeness (QED) is 0.144. The third-order valence-corrected chi connectivity index (χ3v) is 23.5. The van der Waals surface area contributed by atoms with Crippen LogP contribution in [0.1, 0.15) is 125 Å². The zero-order chi connectivity index (χ0) is 89.9. The summed E-state index contributed by atoms with van der Waals surface area (Å²) in [6.07, 6.45) is 12.7. The van der Waals surface area contributed by atoms with E-state index in [1.54, 1.807) is 0 Å². The molecule has 0 spiro atoms. The average Bonchev–Trinajstić information content (AvgIpc) is 1.61.